The molecule has 7 heteroatoms. The van der Waals surface area contributed by atoms with Crippen molar-refractivity contribution in [2.45, 2.75) is 20.4 Å². The summed E-state index contributed by atoms with van der Waals surface area (Å²) in [4.78, 5) is 17.1. The van der Waals surface area contributed by atoms with E-state index in [-0.39, 0.29) is 18.1 Å². The van der Waals surface area contributed by atoms with Gasteiger partial charge in [-0.25, -0.2) is 18.3 Å². The van der Waals surface area contributed by atoms with Gasteiger partial charge in [0.05, 0.1) is 6.54 Å². The topological polar surface area (TPSA) is 64.2 Å². The number of aryl methyl sites for hydroxylation is 2. The molecule has 0 bridgehead atoms. The zero-order chi connectivity index (χ0) is 19.0. The first-order valence-electron chi connectivity index (χ1n) is 8.55. The van der Waals surface area contributed by atoms with Gasteiger partial charge >= 0.3 is 5.69 Å². The molecule has 0 fully saturated rings. The average Bonchev–Trinajstić information content (AvgIpc) is 2.95. The van der Waals surface area contributed by atoms with Crippen LogP contribution in [0.15, 0.2) is 59.4 Å². The summed E-state index contributed by atoms with van der Waals surface area (Å²) in [6, 6.07) is 15.8. The van der Waals surface area contributed by atoms with Gasteiger partial charge in [0.25, 0.3) is 5.78 Å². The maximum absolute atomic E-state index is 13.1. The summed E-state index contributed by atoms with van der Waals surface area (Å²) in [5, 5.41) is 7.56. The number of nitrogens with one attached hydrogen (secondary N) is 1. The molecule has 0 atom stereocenters. The number of benzene rings is 2. The van der Waals surface area contributed by atoms with Gasteiger partial charge < -0.3 is 5.32 Å². The van der Waals surface area contributed by atoms with Crippen LogP contribution in [0.4, 0.5) is 15.9 Å². The molecule has 0 aliphatic rings. The number of anilines is 2. The number of aromatic nitrogens is 4. The van der Waals surface area contributed by atoms with Crippen molar-refractivity contribution in [2.24, 2.45) is 0 Å². The molecule has 2 heterocycles. The van der Waals surface area contributed by atoms with Crippen LogP contribution in [0.3, 0.4) is 0 Å². The summed E-state index contributed by atoms with van der Waals surface area (Å²) in [5.41, 5.74) is 3.32. The lowest BCUT2D eigenvalue weighted by Crippen LogP contribution is -2.22. The lowest BCUT2D eigenvalue weighted by atomic mass is 10.2. The Kier molecular flexibility index (Phi) is 4.19. The largest absolute Gasteiger partial charge is 0.352 e. The van der Waals surface area contributed by atoms with Crippen molar-refractivity contribution in [1.29, 1.82) is 0 Å². The van der Waals surface area contributed by atoms with Crippen molar-refractivity contribution < 1.29 is 4.39 Å². The Morgan fingerprint density at radius 2 is 1.74 bits per heavy atom. The van der Waals surface area contributed by atoms with E-state index in [9.17, 15) is 9.18 Å². The van der Waals surface area contributed by atoms with Gasteiger partial charge in [-0.2, -0.15) is 4.98 Å². The molecule has 0 aliphatic carbocycles. The van der Waals surface area contributed by atoms with Crippen LogP contribution in [-0.4, -0.2) is 19.2 Å². The van der Waals surface area contributed by atoms with Crippen molar-refractivity contribution in [1.82, 2.24) is 19.2 Å². The van der Waals surface area contributed by atoms with E-state index in [0.29, 0.717) is 11.6 Å². The van der Waals surface area contributed by atoms with Gasteiger partial charge in [0.2, 0.25) is 0 Å². The van der Waals surface area contributed by atoms with E-state index in [0.717, 1.165) is 16.9 Å². The Hall–Kier alpha value is -3.48. The zero-order valence-corrected chi connectivity index (χ0v) is 15.0. The highest BCUT2D eigenvalue weighted by Crippen LogP contribution is 2.17. The number of rotatable bonds is 4. The molecule has 0 spiro atoms. The monoisotopic (exact) mass is 363 g/mol. The predicted octanol–water partition coefficient (Wildman–Crippen LogP) is 3.44. The summed E-state index contributed by atoms with van der Waals surface area (Å²) >= 11 is 0. The van der Waals surface area contributed by atoms with Gasteiger partial charge in [-0.3, -0.25) is 0 Å². The van der Waals surface area contributed by atoms with Gasteiger partial charge in [0, 0.05) is 17.4 Å². The number of halogens is 1. The van der Waals surface area contributed by atoms with Crippen LogP contribution in [0.2, 0.25) is 0 Å². The molecule has 2 aromatic heterocycles. The first-order valence-corrected chi connectivity index (χ1v) is 8.55. The Labute approximate surface area is 154 Å². The molecular formula is C20H18FN5O. The van der Waals surface area contributed by atoms with Gasteiger partial charge in [-0.05, 0) is 43.7 Å². The molecule has 4 aromatic rings. The average molecular weight is 363 g/mol. The van der Waals surface area contributed by atoms with Crippen LogP contribution in [-0.2, 0) is 6.54 Å². The van der Waals surface area contributed by atoms with Crippen LogP contribution in [0, 0.1) is 19.7 Å². The zero-order valence-electron chi connectivity index (χ0n) is 15.0. The fraction of sp³-hybridized carbons (Fsp3) is 0.150. The fourth-order valence-electron chi connectivity index (χ4n) is 2.89. The van der Waals surface area contributed by atoms with Gasteiger partial charge in [-0.1, -0.05) is 29.8 Å². The molecule has 1 N–H and O–H groups in total. The molecule has 0 radical (unpaired) electrons. The molecule has 0 amide bonds. The van der Waals surface area contributed by atoms with E-state index in [1.54, 1.807) is 18.2 Å². The molecule has 27 heavy (non-hydrogen) atoms. The molecule has 0 unspecified atom stereocenters. The fourth-order valence-corrected chi connectivity index (χ4v) is 2.89. The Morgan fingerprint density at radius 3 is 2.44 bits per heavy atom. The summed E-state index contributed by atoms with van der Waals surface area (Å²) < 4.78 is 15.9. The quantitative estimate of drug-likeness (QED) is 0.603. The van der Waals surface area contributed by atoms with Crippen LogP contribution in [0.25, 0.3) is 5.78 Å². The first-order chi connectivity index (χ1) is 13.0. The standard InChI is InChI=1S/C20H18FN5O/c1-13-3-9-17(10-4-13)22-18-11-14(2)26-19(23-18)24-25(20(26)27)12-15-5-7-16(21)8-6-15/h3-11H,12H2,1-2H3,(H,22,23,24). The highest BCUT2D eigenvalue weighted by molar-refractivity contribution is 5.58. The van der Waals surface area contributed by atoms with E-state index in [2.05, 4.69) is 15.4 Å². The van der Waals surface area contributed by atoms with Crippen LogP contribution in [0.5, 0.6) is 0 Å². The SMILES string of the molecule is Cc1ccc(Nc2cc(C)n3c(=O)n(Cc4ccc(F)cc4)nc3n2)cc1. The van der Waals surface area contributed by atoms with Crippen molar-refractivity contribution in [3.63, 3.8) is 0 Å². The second kappa shape index (κ2) is 6.68. The normalized spacial score (nSPS) is 11.1. The van der Waals surface area contributed by atoms with Gasteiger partial charge in [-0.15, -0.1) is 5.10 Å². The Balaban J connectivity index is 1.68. The predicted molar refractivity (Wildman–Crippen MR) is 102 cm³/mol. The number of hydrogen-bond acceptors (Lipinski definition) is 4. The molecule has 0 aliphatic heterocycles. The molecular weight excluding hydrogens is 345 g/mol. The van der Waals surface area contributed by atoms with Crippen LogP contribution < -0.4 is 11.0 Å². The highest BCUT2D eigenvalue weighted by Gasteiger charge is 2.12. The third-order valence-electron chi connectivity index (χ3n) is 4.31. The van der Waals surface area contributed by atoms with E-state index in [1.165, 1.54) is 26.8 Å². The van der Waals surface area contributed by atoms with Gasteiger partial charge in [0.1, 0.15) is 11.6 Å². The molecule has 136 valence electrons. The van der Waals surface area contributed by atoms with Crippen LogP contribution >= 0.6 is 0 Å². The van der Waals surface area contributed by atoms with Crippen molar-refractivity contribution in [2.75, 3.05) is 5.32 Å². The van der Waals surface area contributed by atoms with Crippen LogP contribution in [0.1, 0.15) is 16.8 Å². The lowest BCUT2D eigenvalue weighted by Gasteiger charge is -2.07. The minimum atomic E-state index is -0.314. The summed E-state index contributed by atoms with van der Waals surface area (Å²) in [7, 11) is 0. The summed E-state index contributed by atoms with van der Waals surface area (Å²) in [6.07, 6.45) is 0. The number of nitrogens with zero attached hydrogens (tertiary/aromatic N) is 4. The second-order valence-corrected chi connectivity index (χ2v) is 6.48. The maximum Gasteiger partial charge on any atom is 0.352 e. The molecule has 0 saturated heterocycles. The Morgan fingerprint density at radius 1 is 1.04 bits per heavy atom. The summed E-state index contributed by atoms with van der Waals surface area (Å²) in [5.74, 6) is 0.616. The van der Waals surface area contributed by atoms with Crippen molar-refractivity contribution >= 4 is 17.3 Å². The van der Waals surface area contributed by atoms with Crippen molar-refractivity contribution in [3.8, 4) is 0 Å². The van der Waals surface area contributed by atoms with Gasteiger partial charge in [0.15, 0.2) is 0 Å². The number of hydrogen-bond donors (Lipinski definition) is 1. The molecule has 4 rings (SSSR count). The van der Waals surface area contributed by atoms with E-state index in [4.69, 9.17) is 0 Å². The van der Waals surface area contributed by atoms with E-state index in [1.807, 2.05) is 38.1 Å². The number of fused-ring (bicyclic) bond motifs is 1. The minimum Gasteiger partial charge on any atom is -0.340 e. The van der Waals surface area contributed by atoms with Crippen molar-refractivity contribution in [3.05, 3.63) is 87.7 Å². The van der Waals surface area contributed by atoms with E-state index >= 15 is 0 Å². The molecule has 2 aromatic carbocycles. The molecule has 6 nitrogen and oxygen atoms in total. The third-order valence-corrected chi connectivity index (χ3v) is 4.31. The highest BCUT2D eigenvalue weighted by atomic mass is 19.1. The molecule has 0 saturated carbocycles. The summed E-state index contributed by atoms with van der Waals surface area (Å²) in [6.45, 7) is 4.11. The maximum atomic E-state index is 13.1. The smallest absolute Gasteiger partial charge is 0.340 e. The van der Waals surface area contributed by atoms with E-state index < -0.39 is 0 Å². The second-order valence-electron chi connectivity index (χ2n) is 6.48. The first kappa shape index (κ1) is 17.0. The third kappa shape index (κ3) is 3.44. The Bertz CT molecular complexity index is 1160. The minimum absolute atomic E-state index is 0.253. The lowest BCUT2D eigenvalue weighted by molar-refractivity contribution is 0.622.